The maximum absolute atomic E-state index is 6.15. The first kappa shape index (κ1) is 20.4. The monoisotopic (exact) mass is 424 g/mol. The molecule has 1 atom stereocenters. The van der Waals surface area contributed by atoms with Crippen molar-refractivity contribution in [2.45, 2.75) is 25.6 Å². The summed E-state index contributed by atoms with van der Waals surface area (Å²) < 4.78 is 13.9. The predicted octanol–water partition coefficient (Wildman–Crippen LogP) is 6.28. The molecule has 4 nitrogen and oxygen atoms in total. The Morgan fingerprint density at radius 3 is 2.41 bits per heavy atom. The van der Waals surface area contributed by atoms with Crippen LogP contribution in [-0.4, -0.2) is 23.1 Å². The van der Waals surface area contributed by atoms with Crippen molar-refractivity contribution in [2.24, 2.45) is 0 Å². The number of hydrogen-bond acceptors (Lipinski definition) is 3. The zero-order chi connectivity index (χ0) is 21.8. The van der Waals surface area contributed by atoms with Crippen LogP contribution in [0.25, 0.3) is 0 Å². The summed E-state index contributed by atoms with van der Waals surface area (Å²) in [5.74, 6) is 2.60. The quantitative estimate of drug-likeness (QED) is 0.364. The minimum atomic E-state index is 0.161. The van der Waals surface area contributed by atoms with E-state index >= 15 is 0 Å². The number of para-hydroxylation sites is 1. The molecule has 0 fully saturated rings. The number of rotatable bonds is 6. The molecule has 0 saturated carbocycles. The minimum Gasteiger partial charge on any atom is -0.497 e. The summed E-state index contributed by atoms with van der Waals surface area (Å²) in [7, 11) is 1.71. The fraction of sp³-hybridized carbons (Fsp3) is 0.214. The van der Waals surface area contributed by atoms with Crippen LogP contribution in [0.1, 0.15) is 29.3 Å². The van der Waals surface area contributed by atoms with Crippen molar-refractivity contribution in [3.05, 3.63) is 114 Å². The average molecular weight is 425 g/mol. The molecule has 32 heavy (non-hydrogen) atoms. The van der Waals surface area contributed by atoms with Crippen LogP contribution >= 0.6 is 0 Å². The van der Waals surface area contributed by atoms with Gasteiger partial charge in [-0.15, -0.1) is 0 Å². The Morgan fingerprint density at radius 1 is 0.781 bits per heavy atom. The summed E-state index contributed by atoms with van der Waals surface area (Å²) in [5.41, 5.74) is 3.86. The van der Waals surface area contributed by atoms with Crippen LogP contribution in [0.2, 0.25) is 0 Å². The number of benzene rings is 3. The molecule has 2 heterocycles. The van der Waals surface area contributed by atoms with Gasteiger partial charge in [-0.25, -0.2) is 0 Å². The normalized spacial score (nSPS) is 16.2. The number of ether oxygens (including phenoxy) is 2. The van der Waals surface area contributed by atoms with E-state index in [4.69, 9.17) is 9.47 Å². The minimum absolute atomic E-state index is 0.161. The molecule has 0 N–H and O–H groups in total. The molecule has 1 unspecified atom stereocenters. The first-order valence-corrected chi connectivity index (χ1v) is 11.1. The molecule has 0 saturated heterocycles. The maximum atomic E-state index is 6.15. The van der Waals surface area contributed by atoms with Crippen LogP contribution in [0.4, 0.5) is 0 Å². The van der Waals surface area contributed by atoms with Crippen LogP contribution in [0.3, 0.4) is 0 Å². The number of nitrogens with zero attached hydrogens (tertiary/aromatic N) is 2. The van der Waals surface area contributed by atoms with Gasteiger partial charge in [0.25, 0.3) is 0 Å². The molecule has 0 amide bonds. The van der Waals surface area contributed by atoms with E-state index < -0.39 is 0 Å². The Morgan fingerprint density at radius 2 is 1.59 bits per heavy atom. The molecule has 0 aliphatic carbocycles. The molecule has 1 aliphatic heterocycles. The fourth-order valence-corrected chi connectivity index (χ4v) is 4.53. The Kier molecular flexibility index (Phi) is 5.95. The summed E-state index contributed by atoms with van der Waals surface area (Å²) in [4.78, 5) is 2.57. The highest BCUT2D eigenvalue weighted by Crippen LogP contribution is 2.35. The summed E-state index contributed by atoms with van der Waals surface area (Å²) >= 11 is 0. The van der Waals surface area contributed by atoms with E-state index in [0.717, 1.165) is 43.3 Å². The van der Waals surface area contributed by atoms with Crippen molar-refractivity contribution in [3.8, 4) is 17.2 Å². The molecule has 5 rings (SSSR count). The van der Waals surface area contributed by atoms with E-state index in [0.29, 0.717) is 0 Å². The van der Waals surface area contributed by atoms with E-state index in [1.54, 1.807) is 7.11 Å². The van der Waals surface area contributed by atoms with Crippen molar-refractivity contribution >= 4 is 0 Å². The second-order valence-electron chi connectivity index (χ2n) is 8.19. The van der Waals surface area contributed by atoms with Crippen LogP contribution in [-0.2, 0) is 13.1 Å². The highest BCUT2D eigenvalue weighted by molar-refractivity contribution is 5.38. The average Bonchev–Trinajstić information content (AvgIpc) is 3.21. The number of methoxy groups -OCH3 is 1. The molecule has 4 heteroatoms. The van der Waals surface area contributed by atoms with Crippen molar-refractivity contribution < 1.29 is 9.47 Å². The zero-order valence-electron chi connectivity index (χ0n) is 18.4. The molecule has 1 aliphatic rings. The van der Waals surface area contributed by atoms with Gasteiger partial charge in [0.2, 0.25) is 0 Å². The number of fused-ring (bicyclic) bond motifs is 1. The first-order valence-electron chi connectivity index (χ1n) is 11.1. The van der Waals surface area contributed by atoms with Crippen LogP contribution in [0.15, 0.2) is 97.2 Å². The SMILES string of the molecule is COc1ccc(CN2CCCn3cccc3C2c2cccc(Oc3ccccc3)c2)cc1. The molecule has 3 aromatic carbocycles. The van der Waals surface area contributed by atoms with E-state index in [1.165, 1.54) is 16.8 Å². The lowest BCUT2D eigenvalue weighted by molar-refractivity contribution is 0.220. The lowest BCUT2D eigenvalue weighted by atomic mass is 10.0. The predicted molar refractivity (Wildman–Crippen MR) is 127 cm³/mol. The van der Waals surface area contributed by atoms with Crippen LogP contribution in [0.5, 0.6) is 17.2 Å². The zero-order valence-corrected chi connectivity index (χ0v) is 18.4. The summed E-state index contributed by atoms with van der Waals surface area (Å²) in [6, 6.07) is 31.5. The van der Waals surface area contributed by atoms with Gasteiger partial charge in [-0.2, -0.15) is 0 Å². The number of aryl methyl sites for hydroxylation is 1. The lowest BCUT2D eigenvalue weighted by Crippen LogP contribution is -2.29. The number of aromatic nitrogens is 1. The Hall–Kier alpha value is -3.50. The topological polar surface area (TPSA) is 26.6 Å². The maximum Gasteiger partial charge on any atom is 0.127 e. The molecule has 4 aromatic rings. The second kappa shape index (κ2) is 9.33. The smallest absolute Gasteiger partial charge is 0.127 e. The Balaban J connectivity index is 1.48. The molecule has 0 radical (unpaired) electrons. The highest BCUT2D eigenvalue weighted by atomic mass is 16.5. The molecule has 162 valence electrons. The third-order valence-corrected chi connectivity index (χ3v) is 6.05. The van der Waals surface area contributed by atoms with E-state index in [1.807, 2.05) is 48.5 Å². The van der Waals surface area contributed by atoms with E-state index in [9.17, 15) is 0 Å². The number of hydrogen-bond donors (Lipinski definition) is 0. The van der Waals surface area contributed by atoms with Gasteiger partial charge in [0, 0.05) is 31.5 Å². The van der Waals surface area contributed by atoms with Crippen LogP contribution < -0.4 is 9.47 Å². The molecule has 0 spiro atoms. The van der Waals surface area contributed by atoms with Gasteiger partial charge in [0.05, 0.1) is 13.2 Å². The third kappa shape index (κ3) is 4.41. The largest absolute Gasteiger partial charge is 0.497 e. The first-order chi connectivity index (χ1) is 15.8. The van der Waals surface area contributed by atoms with Crippen molar-refractivity contribution in [3.63, 3.8) is 0 Å². The van der Waals surface area contributed by atoms with Gasteiger partial charge < -0.3 is 14.0 Å². The van der Waals surface area contributed by atoms with Gasteiger partial charge in [0.15, 0.2) is 0 Å². The van der Waals surface area contributed by atoms with Gasteiger partial charge in [0.1, 0.15) is 17.2 Å². The lowest BCUT2D eigenvalue weighted by Gasteiger charge is -2.31. The summed E-state index contributed by atoms with van der Waals surface area (Å²) in [5, 5.41) is 0. The molecular formula is C28H28N2O2. The summed E-state index contributed by atoms with van der Waals surface area (Å²) in [6.07, 6.45) is 3.32. The van der Waals surface area contributed by atoms with Crippen molar-refractivity contribution in [1.82, 2.24) is 9.47 Å². The van der Waals surface area contributed by atoms with Gasteiger partial charge >= 0.3 is 0 Å². The van der Waals surface area contributed by atoms with Gasteiger partial charge in [-0.1, -0.05) is 42.5 Å². The Labute approximate surface area is 189 Å². The van der Waals surface area contributed by atoms with Crippen LogP contribution in [0, 0.1) is 0 Å². The standard InChI is InChI=1S/C28H28N2O2/c1-31-24-15-13-22(14-16-24)21-30-19-7-18-29-17-6-12-27(29)28(30)23-8-5-11-26(20-23)32-25-9-3-2-4-10-25/h2-6,8-17,20,28H,7,18-19,21H2,1H3. The molecule has 1 aromatic heterocycles. The second-order valence-corrected chi connectivity index (χ2v) is 8.19. The van der Waals surface area contributed by atoms with E-state index in [-0.39, 0.29) is 6.04 Å². The van der Waals surface area contributed by atoms with E-state index in [2.05, 4.69) is 58.1 Å². The highest BCUT2D eigenvalue weighted by Gasteiger charge is 2.27. The van der Waals surface area contributed by atoms with Crippen molar-refractivity contribution in [2.75, 3.05) is 13.7 Å². The van der Waals surface area contributed by atoms with Crippen molar-refractivity contribution in [1.29, 1.82) is 0 Å². The van der Waals surface area contributed by atoms with Gasteiger partial charge in [-0.05, 0) is 66.1 Å². The van der Waals surface area contributed by atoms with Gasteiger partial charge in [-0.3, -0.25) is 4.90 Å². The molecule has 0 bridgehead atoms. The molecular weight excluding hydrogens is 396 g/mol. The third-order valence-electron chi connectivity index (χ3n) is 6.05. The summed E-state index contributed by atoms with van der Waals surface area (Å²) in [6.45, 7) is 2.95. The Bertz CT molecular complexity index is 1150. The fourth-order valence-electron chi connectivity index (χ4n) is 4.53.